The van der Waals surface area contributed by atoms with Crippen LogP contribution in [0.2, 0.25) is 20.1 Å². The van der Waals surface area contributed by atoms with Crippen molar-refractivity contribution in [2.45, 2.75) is 66.2 Å². The van der Waals surface area contributed by atoms with Crippen LogP contribution in [0.15, 0.2) is 82.6 Å². The van der Waals surface area contributed by atoms with Gasteiger partial charge < -0.3 is 44.3 Å². The number of ketones is 1. The molecule has 72 heavy (non-hydrogen) atoms. The summed E-state index contributed by atoms with van der Waals surface area (Å²) in [6, 6.07) is 21.0. The Morgan fingerprint density at radius 2 is 1.12 bits per heavy atom. The number of rotatable bonds is 28. The molecule has 1 amide bonds. The Balaban J connectivity index is 0.770. The van der Waals surface area contributed by atoms with Gasteiger partial charge in [-0.25, -0.2) is 21.6 Å². The number of sulfone groups is 1. The quantitative estimate of drug-likeness (QED) is 0.0492. The number of amides is 1. The summed E-state index contributed by atoms with van der Waals surface area (Å²) in [6.45, 7) is 3.85. The minimum absolute atomic E-state index is 0.00626. The Morgan fingerprint density at radius 1 is 0.639 bits per heavy atom. The van der Waals surface area contributed by atoms with Crippen molar-refractivity contribution in [1.82, 2.24) is 19.8 Å². The highest BCUT2D eigenvalue weighted by molar-refractivity contribution is 7.91. The van der Waals surface area contributed by atoms with E-state index in [9.17, 15) is 36.6 Å². The molecule has 0 fully saturated rings. The van der Waals surface area contributed by atoms with Gasteiger partial charge in [-0.2, -0.15) is 0 Å². The summed E-state index contributed by atoms with van der Waals surface area (Å²) in [6.07, 6.45) is -3.58. The van der Waals surface area contributed by atoms with Gasteiger partial charge in [0.15, 0.2) is 21.7 Å². The van der Waals surface area contributed by atoms with E-state index in [0.29, 0.717) is 46.3 Å². The second kappa shape index (κ2) is 27.5. The Kier molecular flexibility index (Phi) is 22.1. The zero-order chi connectivity index (χ0) is 52.0. The summed E-state index contributed by atoms with van der Waals surface area (Å²) in [5, 5.41) is 25.1. The monoisotopic (exact) mass is 1110 g/mol. The number of likely N-dealkylation sites (N-methyl/N-ethyl adjacent to an activating group) is 2. The van der Waals surface area contributed by atoms with Crippen molar-refractivity contribution in [3.05, 3.63) is 126 Å². The van der Waals surface area contributed by atoms with E-state index >= 15 is 0 Å². The number of nitrogens with zero attached hydrogens (tertiary/aromatic N) is 2. The molecule has 0 spiro atoms. The normalized spacial score (nSPS) is 17.3. The lowest BCUT2D eigenvalue weighted by Crippen LogP contribution is -2.46. The molecule has 2 aliphatic heterocycles. The first-order valence-electron chi connectivity index (χ1n) is 23.6. The number of Topliss-reactive ketones (excluding diaryl/α,β-unsaturated/α-hetero) is 1. The second-order valence-corrected chi connectivity index (χ2v) is 23.4. The van der Waals surface area contributed by atoms with Gasteiger partial charge in [0.25, 0.3) is 5.91 Å². The first-order valence-corrected chi connectivity index (χ1v) is 28.2. The molecule has 4 aromatic carbocycles. The van der Waals surface area contributed by atoms with Crippen LogP contribution in [-0.4, -0.2) is 160 Å². The van der Waals surface area contributed by atoms with Crippen LogP contribution in [0.3, 0.4) is 0 Å². The fraction of sp³-hybridized carbons (Fsp3) is 0.480. The third-order valence-corrected chi connectivity index (χ3v) is 16.7. The standard InChI is InChI=1S/C50H62Cl4N4O12S2/c1-57-29-41(39-25-35(51)27-45(53)43(39)31-57)33-7-3-9-37(23-33)71(63,64)22-6-15-68-19-20-69-16-12-55-50(62)49(61)48(60)47(59)11-5-14-67-18-21-70-17-13-56-72(65,66)38-10-4-8-34(24-38)42-30-58(2)32-44-40(42)26-36(52)28-46(44)54/h3-4,7-10,23-28,41-42,48-49,56,60-61H,5-6,11-22,29-32H2,1-2H3,(H,55,62). The van der Waals surface area contributed by atoms with E-state index in [0.717, 1.165) is 33.4 Å². The lowest BCUT2D eigenvalue weighted by atomic mass is 9.85. The van der Waals surface area contributed by atoms with Gasteiger partial charge in [-0.1, -0.05) is 70.7 Å². The number of hydrogen-bond acceptors (Lipinski definition) is 14. The largest absolute Gasteiger partial charge is 0.382 e. The molecule has 4 N–H and O–H groups in total. The highest BCUT2D eigenvalue weighted by Gasteiger charge is 2.31. The van der Waals surface area contributed by atoms with Gasteiger partial charge in [-0.3, -0.25) is 9.59 Å². The number of aliphatic hydroxyl groups is 2. The van der Waals surface area contributed by atoms with Crippen molar-refractivity contribution in [1.29, 1.82) is 0 Å². The van der Waals surface area contributed by atoms with Gasteiger partial charge in [0.05, 0.1) is 55.2 Å². The first kappa shape index (κ1) is 58.0. The van der Waals surface area contributed by atoms with E-state index in [1.165, 1.54) is 6.07 Å². The predicted octanol–water partition coefficient (Wildman–Crippen LogP) is 5.85. The Hall–Kier alpha value is -3.28. The number of aliphatic hydroxyl groups excluding tert-OH is 2. The van der Waals surface area contributed by atoms with Crippen LogP contribution in [0.1, 0.15) is 64.5 Å². The minimum atomic E-state index is -3.84. The molecular weight excluding hydrogens is 1050 g/mol. The maximum atomic E-state index is 13.3. The van der Waals surface area contributed by atoms with Gasteiger partial charge in [-0.15, -0.1) is 0 Å². The molecule has 4 aromatic rings. The maximum Gasteiger partial charge on any atom is 0.252 e. The number of fused-ring (bicyclic) bond motifs is 2. The zero-order valence-corrected chi connectivity index (χ0v) is 44.8. The molecule has 2 aliphatic rings. The molecule has 394 valence electrons. The Bertz CT molecular complexity index is 2540. The van der Waals surface area contributed by atoms with Gasteiger partial charge in [0.2, 0.25) is 10.0 Å². The van der Waals surface area contributed by atoms with E-state index in [1.807, 2.05) is 38.4 Å². The number of halogens is 4. The van der Waals surface area contributed by atoms with Crippen LogP contribution in [0.5, 0.6) is 0 Å². The molecule has 4 atom stereocenters. The lowest BCUT2D eigenvalue weighted by Gasteiger charge is -2.33. The van der Waals surface area contributed by atoms with E-state index in [2.05, 4.69) is 19.8 Å². The molecule has 0 aromatic heterocycles. The second-order valence-electron chi connectivity index (χ2n) is 17.8. The third kappa shape index (κ3) is 16.4. The average molecular weight is 1120 g/mol. The summed E-state index contributed by atoms with van der Waals surface area (Å²) in [5.41, 5.74) is 5.60. The number of carbonyl (C=O) groups excluding carboxylic acids is 2. The number of carbonyl (C=O) groups is 2. The van der Waals surface area contributed by atoms with E-state index in [4.69, 9.17) is 65.4 Å². The number of sulfonamides is 1. The number of nitrogens with one attached hydrogen (secondary N) is 2. The van der Waals surface area contributed by atoms with Gasteiger partial charge in [0, 0.05) is 90.8 Å². The summed E-state index contributed by atoms with van der Waals surface area (Å²) in [4.78, 5) is 29.4. The number of ether oxygens (including phenoxy) is 4. The van der Waals surface area contributed by atoms with E-state index in [-0.39, 0.29) is 113 Å². The van der Waals surface area contributed by atoms with Crippen LogP contribution in [0.4, 0.5) is 0 Å². The van der Waals surface area contributed by atoms with E-state index in [1.54, 1.807) is 42.5 Å². The van der Waals surface area contributed by atoms with Crippen LogP contribution in [-0.2, 0) is 61.5 Å². The van der Waals surface area contributed by atoms with Crippen molar-refractivity contribution in [3.63, 3.8) is 0 Å². The van der Waals surface area contributed by atoms with E-state index < -0.39 is 43.8 Å². The van der Waals surface area contributed by atoms with Crippen LogP contribution in [0, 0.1) is 0 Å². The molecule has 16 nitrogen and oxygen atoms in total. The zero-order valence-electron chi connectivity index (χ0n) is 40.2. The van der Waals surface area contributed by atoms with Gasteiger partial charge in [-0.05, 0) is 109 Å². The molecule has 6 rings (SSSR count). The molecule has 0 aliphatic carbocycles. The van der Waals surface area contributed by atoms with Gasteiger partial charge in [0.1, 0.15) is 6.10 Å². The van der Waals surface area contributed by atoms with Gasteiger partial charge >= 0.3 is 0 Å². The van der Waals surface area contributed by atoms with Crippen molar-refractivity contribution in [2.24, 2.45) is 0 Å². The molecule has 22 heteroatoms. The molecule has 0 saturated heterocycles. The Labute approximate surface area is 442 Å². The maximum absolute atomic E-state index is 13.3. The Morgan fingerprint density at radius 3 is 1.68 bits per heavy atom. The summed E-state index contributed by atoms with van der Waals surface area (Å²) >= 11 is 25.7. The smallest absolute Gasteiger partial charge is 0.252 e. The molecular formula is C50H62Cl4N4O12S2. The van der Waals surface area contributed by atoms with Crippen molar-refractivity contribution in [2.75, 3.05) is 98.9 Å². The number of hydrogen-bond donors (Lipinski definition) is 4. The topological polar surface area (TPSA) is 210 Å². The lowest BCUT2D eigenvalue weighted by molar-refractivity contribution is -0.145. The van der Waals surface area contributed by atoms with Crippen LogP contribution < -0.4 is 10.0 Å². The molecule has 2 heterocycles. The average Bonchev–Trinajstić information content (AvgIpc) is 3.34. The highest BCUT2D eigenvalue weighted by atomic mass is 35.5. The third-order valence-electron chi connectivity index (χ3n) is 12.3. The van der Waals surface area contributed by atoms with Crippen molar-refractivity contribution < 1.29 is 55.6 Å². The highest BCUT2D eigenvalue weighted by Crippen LogP contribution is 2.40. The first-order chi connectivity index (χ1) is 34.3. The molecule has 0 radical (unpaired) electrons. The van der Waals surface area contributed by atoms with Crippen LogP contribution >= 0.6 is 46.4 Å². The number of benzene rings is 4. The minimum Gasteiger partial charge on any atom is -0.382 e. The fourth-order valence-corrected chi connectivity index (χ4v) is 12.2. The van der Waals surface area contributed by atoms with Crippen molar-refractivity contribution in [3.8, 4) is 0 Å². The SMILES string of the molecule is CN1Cc2c(Cl)cc(Cl)cc2C(c2cccc(S(=O)(=O)CCCOCCOCCNC(=O)C(O)C(O)C(=O)CCCOCCOCCNS(=O)(=O)c3cccc(C4CN(C)Cc5c(Cl)cc(Cl)cc54)c3)c2)C1. The predicted molar refractivity (Wildman–Crippen MR) is 277 cm³/mol. The molecule has 0 bridgehead atoms. The molecule has 4 unspecified atom stereocenters. The summed E-state index contributed by atoms with van der Waals surface area (Å²) < 4.78 is 77.3. The van der Waals surface area contributed by atoms with Crippen LogP contribution in [0.25, 0.3) is 0 Å². The molecule has 0 saturated carbocycles. The summed E-state index contributed by atoms with van der Waals surface area (Å²) in [7, 11) is -3.46. The fourth-order valence-electron chi connectivity index (χ4n) is 8.70. The van der Waals surface area contributed by atoms with Crippen molar-refractivity contribution >= 4 is 78.0 Å². The summed E-state index contributed by atoms with van der Waals surface area (Å²) in [5.74, 6) is -2.00.